The van der Waals surface area contributed by atoms with Crippen molar-refractivity contribution in [1.29, 1.82) is 0 Å². The molecule has 3 rings (SSSR count). The van der Waals surface area contributed by atoms with Crippen molar-refractivity contribution in [1.82, 2.24) is 0 Å². The third-order valence-corrected chi connectivity index (χ3v) is 3.38. The molecular weight excluding hydrogens is 238 g/mol. The Bertz CT molecular complexity index is 689. The highest BCUT2D eigenvalue weighted by Crippen LogP contribution is 2.33. The first kappa shape index (κ1) is 11.8. The van der Waals surface area contributed by atoms with E-state index in [1.54, 1.807) is 19.6 Å². The fraction of sp³-hybridized carbons (Fsp3) is 0.125. The van der Waals surface area contributed by atoms with Gasteiger partial charge in [0.2, 0.25) is 0 Å². The van der Waals surface area contributed by atoms with Gasteiger partial charge >= 0.3 is 0 Å². The van der Waals surface area contributed by atoms with Crippen LogP contribution < -0.4 is 10.5 Å². The quantitative estimate of drug-likeness (QED) is 0.777. The van der Waals surface area contributed by atoms with Crippen LogP contribution in [0.2, 0.25) is 0 Å². The monoisotopic (exact) mass is 253 g/mol. The van der Waals surface area contributed by atoms with Gasteiger partial charge in [-0.05, 0) is 23.1 Å². The highest BCUT2D eigenvalue weighted by molar-refractivity contribution is 5.91. The Labute approximate surface area is 111 Å². The second kappa shape index (κ2) is 4.78. The predicted molar refractivity (Wildman–Crippen MR) is 75.2 cm³/mol. The van der Waals surface area contributed by atoms with Crippen molar-refractivity contribution in [3.8, 4) is 5.75 Å². The summed E-state index contributed by atoms with van der Waals surface area (Å²) in [7, 11) is 1.68. The summed E-state index contributed by atoms with van der Waals surface area (Å²) in [6, 6.07) is 13.8. The lowest BCUT2D eigenvalue weighted by Gasteiger charge is -2.15. The number of hydrogen-bond acceptors (Lipinski definition) is 3. The first-order valence-electron chi connectivity index (χ1n) is 6.14. The second-order valence-electron chi connectivity index (χ2n) is 4.44. The summed E-state index contributed by atoms with van der Waals surface area (Å²) < 4.78 is 10.5. The molecule has 0 saturated carbocycles. The smallest absolute Gasteiger partial charge is 0.126 e. The lowest BCUT2D eigenvalue weighted by atomic mass is 9.95. The SMILES string of the molecule is COc1ccc(C(N)c2ccoc2)c2ccccc12. The van der Waals surface area contributed by atoms with Gasteiger partial charge < -0.3 is 14.9 Å². The minimum atomic E-state index is -0.199. The van der Waals surface area contributed by atoms with Crippen molar-refractivity contribution >= 4 is 10.8 Å². The molecule has 1 aromatic heterocycles. The van der Waals surface area contributed by atoms with Crippen molar-refractivity contribution in [3.05, 3.63) is 66.1 Å². The molecular formula is C16H15NO2. The number of methoxy groups -OCH3 is 1. The first-order chi connectivity index (χ1) is 9.31. The summed E-state index contributed by atoms with van der Waals surface area (Å²) >= 11 is 0. The number of furan rings is 1. The topological polar surface area (TPSA) is 48.4 Å². The zero-order valence-electron chi connectivity index (χ0n) is 10.7. The summed E-state index contributed by atoms with van der Waals surface area (Å²) in [4.78, 5) is 0. The molecule has 0 fully saturated rings. The van der Waals surface area contributed by atoms with E-state index in [1.807, 2.05) is 36.4 Å². The number of rotatable bonds is 3. The zero-order valence-corrected chi connectivity index (χ0v) is 10.7. The molecule has 0 aliphatic rings. The third kappa shape index (κ3) is 1.98. The van der Waals surface area contributed by atoms with Gasteiger partial charge in [0.1, 0.15) is 5.75 Å². The Morgan fingerprint density at radius 1 is 1.05 bits per heavy atom. The van der Waals surface area contributed by atoms with Gasteiger partial charge in [0.15, 0.2) is 0 Å². The number of benzene rings is 2. The van der Waals surface area contributed by atoms with Crippen LogP contribution in [0.3, 0.4) is 0 Å². The van der Waals surface area contributed by atoms with Crippen molar-refractivity contribution in [2.75, 3.05) is 7.11 Å². The van der Waals surface area contributed by atoms with E-state index in [1.165, 1.54) is 0 Å². The van der Waals surface area contributed by atoms with Crippen LogP contribution in [0.15, 0.2) is 59.4 Å². The average Bonchev–Trinajstić information content (AvgIpc) is 2.99. The summed E-state index contributed by atoms with van der Waals surface area (Å²) in [6.07, 6.45) is 3.32. The van der Waals surface area contributed by atoms with Crippen LogP contribution in [0, 0.1) is 0 Å². The molecule has 3 heteroatoms. The molecule has 0 aliphatic carbocycles. The lowest BCUT2D eigenvalue weighted by molar-refractivity contribution is 0.419. The maximum atomic E-state index is 6.32. The van der Waals surface area contributed by atoms with Crippen molar-refractivity contribution < 1.29 is 9.15 Å². The van der Waals surface area contributed by atoms with Crippen LogP contribution in [-0.4, -0.2) is 7.11 Å². The van der Waals surface area contributed by atoms with Crippen LogP contribution in [0.1, 0.15) is 17.2 Å². The van der Waals surface area contributed by atoms with E-state index in [0.717, 1.165) is 27.6 Å². The molecule has 0 amide bonds. The van der Waals surface area contributed by atoms with Gasteiger partial charge in [-0.1, -0.05) is 30.3 Å². The van der Waals surface area contributed by atoms with Gasteiger partial charge in [-0.15, -0.1) is 0 Å². The van der Waals surface area contributed by atoms with Gasteiger partial charge in [-0.2, -0.15) is 0 Å². The highest BCUT2D eigenvalue weighted by Gasteiger charge is 2.14. The summed E-state index contributed by atoms with van der Waals surface area (Å²) in [6.45, 7) is 0. The van der Waals surface area contributed by atoms with Crippen molar-refractivity contribution in [2.45, 2.75) is 6.04 Å². The number of hydrogen-bond donors (Lipinski definition) is 1. The van der Waals surface area contributed by atoms with E-state index >= 15 is 0 Å². The number of fused-ring (bicyclic) bond motifs is 1. The van der Waals surface area contributed by atoms with E-state index in [2.05, 4.69) is 6.07 Å². The summed E-state index contributed by atoms with van der Waals surface area (Å²) in [5, 5.41) is 2.18. The highest BCUT2D eigenvalue weighted by atomic mass is 16.5. The maximum absolute atomic E-state index is 6.32. The number of nitrogens with two attached hydrogens (primary N) is 1. The molecule has 2 N–H and O–H groups in total. The largest absolute Gasteiger partial charge is 0.496 e. The van der Waals surface area contributed by atoms with Crippen LogP contribution in [0.5, 0.6) is 5.75 Å². The third-order valence-electron chi connectivity index (χ3n) is 3.38. The molecule has 3 nitrogen and oxygen atoms in total. The first-order valence-corrected chi connectivity index (χ1v) is 6.14. The standard InChI is InChI=1S/C16H15NO2/c1-18-15-7-6-14(12-4-2-3-5-13(12)15)16(17)11-8-9-19-10-11/h2-10,16H,17H2,1H3. The van der Waals surface area contributed by atoms with Gasteiger partial charge in [0, 0.05) is 10.9 Å². The Hall–Kier alpha value is -2.26. The predicted octanol–water partition coefficient (Wildman–Crippen LogP) is 3.49. The minimum absolute atomic E-state index is 0.199. The molecule has 96 valence electrons. The summed E-state index contributed by atoms with van der Waals surface area (Å²) in [5.41, 5.74) is 8.35. The fourth-order valence-corrected chi connectivity index (χ4v) is 2.38. The van der Waals surface area contributed by atoms with Gasteiger partial charge in [-0.25, -0.2) is 0 Å². The molecule has 1 heterocycles. The fourth-order valence-electron chi connectivity index (χ4n) is 2.38. The van der Waals surface area contributed by atoms with Crippen LogP contribution in [-0.2, 0) is 0 Å². The van der Waals surface area contributed by atoms with E-state index in [9.17, 15) is 0 Å². The van der Waals surface area contributed by atoms with Crippen molar-refractivity contribution in [2.24, 2.45) is 5.73 Å². The van der Waals surface area contributed by atoms with E-state index in [4.69, 9.17) is 14.9 Å². The second-order valence-corrected chi connectivity index (χ2v) is 4.44. The molecule has 0 saturated heterocycles. The number of ether oxygens (including phenoxy) is 1. The molecule has 2 aromatic carbocycles. The summed E-state index contributed by atoms with van der Waals surface area (Å²) in [5.74, 6) is 0.860. The lowest BCUT2D eigenvalue weighted by Crippen LogP contribution is -2.11. The van der Waals surface area contributed by atoms with E-state index < -0.39 is 0 Å². The Balaban J connectivity index is 2.20. The van der Waals surface area contributed by atoms with Crippen LogP contribution >= 0.6 is 0 Å². The van der Waals surface area contributed by atoms with Crippen molar-refractivity contribution in [3.63, 3.8) is 0 Å². The Morgan fingerprint density at radius 3 is 2.53 bits per heavy atom. The molecule has 1 unspecified atom stereocenters. The zero-order chi connectivity index (χ0) is 13.2. The van der Waals surface area contributed by atoms with Gasteiger partial charge in [0.05, 0.1) is 25.7 Å². The Kier molecular flexibility index (Phi) is 2.97. The molecule has 1 atom stereocenters. The van der Waals surface area contributed by atoms with Crippen LogP contribution in [0.25, 0.3) is 10.8 Å². The normalized spacial score (nSPS) is 12.5. The molecule has 19 heavy (non-hydrogen) atoms. The van der Waals surface area contributed by atoms with E-state index in [-0.39, 0.29) is 6.04 Å². The maximum Gasteiger partial charge on any atom is 0.126 e. The molecule has 0 aliphatic heterocycles. The molecule has 3 aromatic rings. The van der Waals surface area contributed by atoms with Gasteiger partial charge in [-0.3, -0.25) is 0 Å². The van der Waals surface area contributed by atoms with Gasteiger partial charge in [0.25, 0.3) is 0 Å². The minimum Gasteiger partial charge on any atom is -0.496 e. The molecule has 0 spiro atoms. The van der Waals surface area contributed by atoms with Crippen LogP contribution in [0.4, 0.5) is 0 Å². The molecule has 0 bridgehead atoms. The molecule has 0 radical (unpaired) electrons. The Morgan fingerprint density at radius 2 is 1.84 bits per heavy atom. The van der Waals surface area contributed by atoms with E-state index in [0.29, 0.717) is 0 Å². The average molecular weight is 253 g/mol.